The van der Waals surface area contributed by atoms with Gasteiger partial charge in [0.25, 0.3) is 10.1 Å². The molecule has 0 bridgehead atoms. The van der Waals surface area contributed by atoms with Crippen LogP contribution in [0.3, 0.4) is 0 Å². The Bertz CT molecular complexity index is 1080. The van der Waals surface area contributed by atoms with Crippen molar-refractivity contribution in [3.05, 3.63) is 108 Å². The fourth-order valence-corrected chi connectivity index (χ4v) is 5.32. The number of hydrogen-bond donors (Lipinski definition) is 0. The minimum Gasteiger partial charge on any atom is -0.298 e. The SMILES string of the molecule is CS(=O)(=O)OCC1(CN(Cc2ccccc2)Cc2ccccc2)CCN(Cc2ccccc2)C1. The fourth-order valence-electron chi connectivity index (χ4n) is 4.85. The van der Waals surface area contributed by atoms with Crippen molar-refractivity contribution in [2.45, 2.75) is 26.1 Å². The number of rotatable bonds is 11. The van der Waals surface area contributed by atoms with Crippen molar-refractivity contribution < 1.29 is 12.6 Å². The van der Waals surface area contributed by atoms with Gasteiger partial charge in [0.1, 0.15) is 0 Å². The first kappa shape index (κ1) is 24.6. The predicted octanol–water partition coefficient (Wildman–Crippen LogP) is 4.56. The molecule has 0 aliphatic carbocycles. The van der Waals surface area contributed by atoms with Crippen molar-refractivity contribution in [3.63, 3.8) is 0 Å². The van der Waals surface area contributed by atoms with Gasteiger partial charge in [0.15, 0.2) is 0 Å². The summed E-state index contributed by atoms with van der Waals surface area (Å²) in [6.45, 7) is 5.15. The average Bonchev–Trinajstić information content (AvgIpc) is 3.22. The predicted molar refractivity (Wildman–Crippen MR) is 137 cm³/mol. The molecule has 1 aliphatic heterocycles. The van der Waals surface area contributed by atoms with Crippen LogP contribution in [0.5, 0.6) is 0 Å². The maximum atomic E-state index is 11.9. The molecule has 6 heteroatoms. The second kappa shape index (κ2) is 11.3. The Morgan fingerprint density at radius 1 is 0.824 bits per heavy atom. The third kappa shape index (κ3) is 7.50. The Kier molecular flexibility index (Phi) is 8.16. The normalized spacial score (nSPS) is 19.0. The van der Waals surface area contributed by atoms with Crippen molar-refractivity contribution in [1.82, 2.24) is 9.80 Å². The highest BCUT2D eigenvalue weighted by atomic mass is 32.2. The zero-order chi connectivity index (χ0) is 23.9. The first-order chi connectivity index (χ1) is 16.4. The van der Waals surface area contributed by atoms with Gasteiger partial charge in [-0.25, -0.2) is 0 Å². The van der Waals surface area contributed by atoms with Crippen LogP contribution < -0.4 is 0 Å². The standard InChI is InChI=1S/C28H34N2O3S/c1-34(31,32)33-24-28(17-18-29(22-28)19-25-11-5-2-6-12-25)23-30(20-26-13-7-3-8-14-26)21-27-15-9-4-10-16-27/h2-16H,17-24H2,1H3. The molecule has 1 heterocycles. The van der Waals surface area contributed by atoms with E-state index in [1.165, 1.54) is 16.7 Å². The lowest BCUT2D eigenvalue weighted by Gasteiger charge is -2.35. The van der Waals surface area contributed by atoms with Crippen LogP contribution in [0, 0.1) is 5.41 Å². The lowest BCUT2D eigenvalue weighted by atomic mass is 9.87. The minimum absolute atomic E-state index is 0.206. The maximum absolute atomic E-state index is 11.9. The second-order valence-electron chi connectivity index (χ2n) is 9.53. The van der Waals surface area contributed by atoms with Gasteiger partial charge in [-0.1, -0.05) is 91.0 Å². The van der Waals surface area contributed by atoms with Crippen LogP contribution in [0.2, 0.25) is 0 Å². The monoisotopic (exact) mass is 478 g/mol. The molecule has 1 unspecified atom stereocenters. The van der Waals surface area contributed by atoms with Crippen molar-refractivity contribution in [2.24, 2.45) is 5.41 Å². The van der Waals surface area contributed by atoms with Gasteiger partial charge >= 0.3 is 0 Å². The summed E-state index contributed by atoms with van der Waals surface area (Å²) in [5.74, 6) is 0. The van der Waals surface area contributed by atoms with E-state index >= 15 is 0 Å². The van der Waals surface area contributed by atoms with E-state index in [0.29, 0.717) is 0 Å². The summed E-state index contributed by atoms with van der Waals surface area (Å²) in [4.78, 5) is 4.85. The lowest BCUT2D eigenvalue weighted by Crippen LogP contribution is -2.43. The van der Waals surface area contributed by atoms with E-state index < -0.39 is 10.1 Å². The molecule has 0 radical (unpaired) electrons. The number of benzene rings is 3. The number of nitrogens with zero attached hydrogens (tertiary/aromatic N) is 2. The van der Waals surface area contributed by atoms with Gasteiger partial charge in [-0.05, 0) is 29.7 Å². The van der Waals surface area contributed by atoms with Crippen LogP contribution in [0.15, 0.2) is 91.0 Å². The quantitative estimate of drug-likeness (QED) is 0.378. The summed E-state index contributed by atoms with van der Waals surface area (Å²) in [7, 11) is -3.52. The van der Waals surface area contributed by atoms with Crippen LogP contribution in [0.1, 0.15) is 23.1 Å². The topological polar surface area (TPSA) is 49.9 Å². The maximum Gasteiger partial charge on any atom is 0.264 e. The molecule has 0 N–H and O–H groups in total. The molecule has 34 heavy (non-hydrogen) atoms. The summed E-state index contributed by atoms with van der Waals surface area (Å²) in [5, 5.41) is 0. The zero-order valence-corrected chi connectivity index (χ0v) is 20.7. The molecule has 1 saturated heterocycles. The molecule has 5 nitrogen and oxygen atoms in total. The number of hydrogen-bond acceptors (Lipinski definition) is 5. The van der Waals surface area contributed by atoms with Crippen LogP contribution in [0.4, 0.5) is 0 Å². The minimum atomic E-state index is -3.52. The van der Waals surface area contributed by atoms with Crippen LogP contribution in [0.25, 0.3) is 0 Å². The summed E-state index contributed by atoms with van der Waals surface area (Å²) >= 11 is 0. The smallest absolute Gasteiger partial charge is 0.264 e. The Morgan fingerprint density at radius 3 is 1.82 bits per heavy atom. The molecule has 1 aliphatic rings. The lowest BCUT2D eigenvalue weighted by molar-refractivity contribution is 0.0850. The van der Waals surface area contributed by atoms with Gasteiger partial charge in [0.05, 0.1) is 12.9 Å². The van der Waals surface area contributed by atoms with Crippen molar-refractivity contribution in [2.75, 3.05) is 32.5 Å². The molecular formula is C28H34N2O3S. The fraction of sp³-hybridized carbons (Fsp3) is 0.357. The summed E-state index contributed by atoms with van der Waals surface area (Å²) in [6, 6.07) is 31.4. The zero-order valence-electron chi connectivity index (χ0n) is 19.8. The van der Waals surface area contributed by atoms with Crippen LogP contribution in [-0.4, -0.2) is 50.7 Å². The van der Waals surface area contributed by atoms with Gasteiger partial charge < -0.3 is 0 Å². The van der Waals surface area contributed by atoms with Gasteiger partial charge in [-0.3, -0.25) is 14.0 Å². The van der Waals surface area contributed by atoms with E-state index in [-0.39, 0.29) is 12.0 Å². The Morgan fingerprint density at radius 2 is 1.32 bits per heavy atom. The van der Waals surface area contributed by atoms with Crippen molar-refractivity contribution in [1.29, 1.82) is 0 Å². The molecule has 1 atom stereocenters. The van der Waals surface area contributed by atoms with E-state index in [9.17, 15) is 8.42 Å². The third-order valence-corrected chi connectivity index (χ3v) is 6.95. The molecule has 3 aromatic carbocycles. The van der Waals surface area contributed by atoms with Gasteiger partial charge in [-0.2, -0.15) is 8.42 Å². The summed E-state index contributed by atoms with van der Waals surface area (Å²) in [6.07, 6.45) is 2.04. The third-order valence-electron chi connectivity index (χ3n) is 6.40. The molecule has 0 aromatic heterocycles. The molecular weight excluding hydrogens is 444 g/mol. The van der Waals surface area contributed by atoms with E-state index in [4.69, 9.17) is 4.18 Å². The summed E-state index contributed by atoms with van der Waals surface area (Å²) in [5.41, 5.74) is 3.50. The largest absolute Gasteiger partial charge is 0.298 e. The Labute approximate surface area is 204 Å². The van der Waals surface area contributed by atoms with E-state index in [0.717, 1.165) is 51.9 Å². The molecule has 4 rings (SSSR count). The van der Waals surface area contributed by atoms with Gasteiger partial charge in [0, 0.05) is 38.1 Å². The summed E-state index contributed by atoms with van der Waals surface area (Å²) < 4.78 is 29.3. The second-order valence-corrected chi connectivity index (χ2v) is 11.2. The first-order valence-electron chi connectivity index (χ1n) is 11.8. The van der Waals surface area contributed by atoms with Crippen LogP contribution in [-0.2, 0) is 33.9 Å². The van der Waals surface area contributed by atoms with Crippen molar-refractivity contribution in [3.8, 4) is 0 Å². The molecule has 0 saturated carbocycles. The van der Waals surface area contributed by atoms with E-state index in [1.54, 1.807) is 0 Å². The molecule has 0 spiro atoms. The first-order valence-corrected chi connectivity index (χ1v) is 13.6. The highest BCUT2D eigenvalue weighted by Gasteiger charge is 2.40. The Hall–Kier alpha value is -2.51. The highest BCUT2D eigenvalue weighted by Crippen LogP contribution is 2.34. The molecule has 0 amide bonds. The Balaban J connectivity index is 1.55. The highest BCUT2D eigenvalue weighted by molar-refractivity contribution is 7.85. The molecule has 1 fully saturated rings. The van der Waals surface area contributed by atoms with Crippen molar-refractivity contribution >= 4 is 10.1 Å². The molecule has 180 valence electrons. The molecule has 3 aromatic rings. The van der Waals surface area contributed by atoms with Gasteiger partial charge in [-0.15, -0.1) is 0 Å². The van der Waals surface area contributed by atoms with E-state index in [2.05, 4.69) is 82.6 Å². The van der Waals surface area contributed by atoms with Crippen LogP contribution >= 0.6 is 0 Å². The van der Waals surface area contributed by atoms with E-state index in [1.807, 2.05) is 18.2 Å². The number of likely N-dealkylation sites (tertiary alicyclic amines) is 1. The average molecular weight is 479 g/mol. The van der Waals surface area contributed by atoms with Gasteiger partial charge in [0.2, 0.25) is 0 Å².